The van der Waals surface area contributed by atoms with Crippen molar-refractivity contribution < 1.29 is 9.59 Å². The molecular weight excluding hydrogens is 218 g/mol. The first kappa shape index (κ1) is 14.0. The van der Waals surface area contributed by atoms with Gasteiger partial charge in [0, 0.05) is 6.54 Å². The van der Waals surface area contributed by atoms with Gasteiger partial charge in [-0.3, -0.25) is 9.59 Å². The number of rotatable bonds is 4. The van der Waals surface area contributed by atoms with E-state index in [1.54, 1.807) is 6.92 Å². The average Bonchev–Trinajstić information content (AvgIpc) is 2.30. The Morgan fingerprint density at radius 3 is 2.41 bits per heavy atom. The number of carbonyl (C=O) groups is 2. The molecule has 4 N–H and O–H groups in total. The molecular formula is C12H23N3O2. The molecule has 1 fully saturated rings. The number of hydrogen-bond acceptors (Lipinski definition) is 3. The smallest absolute Gasteiger partial charge is 0.242 e. The van der Waals surface area contributed by atoms with E-state index in [1.807, 2.05) is 6.92 Å². The van der Waals surface area contributed by atoms with Gasteiger partial charge in [-0.15, -0.1) is 0 Å². The van der Waals surface area contributed by atoms with Gasteiger partial charge in [-0.25, -0.2) is 0 Å². The molecule has 1 unspecified atom stereocenters. The predicted octanol–water partition coefficient (Wildman–Crippen LogP) is 0.289. The van der Waals surface area contributed by atoms with E-state index < -0.39 is 11.6 Å². The summed E-state index contributed by atoms with van der Waals surface area (Å²) < 4.78 is 0. The minimum absolute atomic E-state index is 0.166. The van der Waals surface area contributed by atoms with Crippen LogP contribution < -0.4 is 16.4 Å². The van der Waals surface area contributed by atoms with Crippen LogP contribution in [0, 0.1) is 0 Å². The molecule has 0 saturated heterocycles. The third-order valence-corrected chi connectivity index (χ3v) is 3.29. The Kier molecular flexibility index (Phi) is 4.93. The molecule has 98 valence electrons. The molecule has 1 aliphatic carbocycles. The number of likely N-dealkylation sites (N-methyl/N-ethyl adjacent to an activating group) is 1. The molecule has 1 rings (SSSR count). The summed E-state index contributed by atoms with van der Waals surface area (Å²) in [6, 6.07) is -0.523. The molecule has 0 heterocycles. The highest BCUT2D eigenvalue weighted by atomic mass is 16.2. The van der Waals surface area contributed by atoms with Crippen molar-refractivity contribution in [2.45, 2.75) is 57.5 Å². The van der Waals surface area contributed by atoms with Crippen molar-refractivity contribution in [1.82, 2.24) is 10.6 Å². The lowest BCUT2D eigenvalue weighted by Gasteiger charge is -2.32. The lowest BCUT2D eigenvalue weighted by molar-refractivity contribution is -0.132. The summed E-state index contributed by atoms with van der Waals surface area (Å²) in [6.07, 6.45) is 4.53. The fraction of sp³-hybridized carbons (Fsp3) is 0.833. The van der Waals surface area contributed by atoms with Crippen LogP contribution in [0.5, 0.6) is 0 Å². The van der Waals surface area contributed by atoms with E-state index in [-0.39, 0.29) is 11.8 Å². The Hall–Kier alpha value is -1.10. The van der Waals surface area contributed by atoms with Crippen molar-refractivity contribution in [3.8, 4) is 0 Å². The quantitative estimate of drug-likeness (QED) is 0.661. The summed E-state index contributed by atoms with van der Waals surface area (Å²) >= 11 is 0. The largest absolute Gasteiger partial charge is 0.355 e. The molecule has 0 radical (unpaired) electrons. The molecule has 1 saturated carbocycles. The number of amides is 2. The van der Waals surface area contributed by atoms with Crippen molar-refractivity contribution in [3.05, 3.63) is 0 Å². The van der Waals surface area contributed by atoms with Crippen molar-refractivity contribution in [2.24, 2.45) is 5.73 Å². The van der Waals surface area contributed by atoms with E-state index in [9.17, 15) is 9.59 Å². The zero-order chi connectivity index (χ0) is 12.9. The molecule has 0 spiro atoms. The van der Waals surface area contributed by atoms with E-state index in [0.717, 1.165) is 19.3 Å². The fourth-order valence-electron chi connectivity index (χ4n) is 2.14. The van der Waals surface area contributed by atoms with E-state index in [1.165, 1.54) is 0 Å². The van der Waals surface area contributed by atoms with Crippen LogP contribution in [0.25, 0.3) is 0 Å². The first-order valence-corrected chi connectivity index (χ1v) is 6.37. The SMILES string of the molecule is CCNC(=O)C(C)NC(=O)C1(N)CCCCC1. The first-order chi connectivity index (χ1) is 7.99. The highest BCUT2D eigenvalue weighted by Gasteiger charge is 2.36. The molecule has 1 atom stereocenters. The second-order valence-electron chi connectivity index (χ2n) is 4.81. The van der Waals surface area contributed by atoms with Crippen LogP contribution in [0.15, 0.2) is 0 Å². The second kappa shape index (κ2) is 6.00. The van der Waals surface area contributed by atoms with Gasteiger partial charge in [0.2, 0.25) is 11.8 Å². The van der Waals surface area contributed by atoms with Gasteiger partial charge in [-0.1, -0.05) is 19.3 Å². The summed E-state index contributed by atoms with van der Waals surface area (Å²) in [5, 5.41) is 5.37. The molecule has 5 nitrogen and oxygen atoms in total. The summed E-state index contributed by atoms with van der Waals surface area (Å²) in [5.74, 6) is -0.365. The van der Waals surface area contributed by atoms with Crippen molar-refractivity contribution in [2.75, 3.05) is 6.54 Å². The normalized spacial score (nSPS) is 20.4. The van der Waals surface area contributed by atoms with Gasteiger partial charge in [0.05, 0.1) is 5.54 Å². The Morgan fingerprint density at radius 2 is 1.88 bits per heavy atom. The summed E-state index contributed by atoms with van der Waals surface area (Å²) in [7, 11) is 0. The molecule has 0 bridgehead atoms. The van der Waals surface area contributed by atoms with Crippen LogP contribution in [0.4, 0.5) is 0 Å². The van der Waals surface area contributed by atoms with Gasteiger partial charge in [0.1, 0.15) is 6.04 Å². The Bertz CT molecular complexity index is 285. The van der Waals surface area contributed by atoms with Gasteiger partial charge >= 0.3 is 0 Å². The topological polar surface area (TPSA) is 84.2 Å². The second-order valence-corrected chi connectivity index (χ2v) is 4.81. The zero-order valence-electron chi connectivity index (χ0n) is 10.7. The molecule has 0 aromatic heterocycles. The molecule has 5 heteroatoms. The lowest BCUT2D eigenvalue weighted by Crippen LogP contribution is -2.58. The molecule has 0 aromatic rings. The Morgan fingerprint density at radius 1 is 1.29 bits per heavy atom. The molecule has 1 aliphatic rings. The van der Waals surface area contributed by atoms with E-state index >= 15 is 0 Å². The van der Waals surface area contributed by atoms with Crippen LogP contribution in [-0.2, 0) is 9.59 Å². The fourth-order valence-corrected chi connectivity index (χ4v) is 2.14. The van der Waals surface area contributed by atoms with Crippen molar-refractivity contribution >= 4 is 11.8 Å². The first-order valence-electron chi connectivity index (χ1n) is 6.37. The molecule has 17 heavy (non-hydrogen) atoms. The number of carbonyl (C=O) groups excluding carboxylic acids is 2. The van der Waals surface area contributed by atoms with Gasteiger partial charge in [-0.2, -0.15) is 0 Å². The van der Waals surface area contributed by atoms with Crippen LogP contribution >= 0.6 is 0 Å². The maximum atomic E-state index is 12.0. The summed E-state index contributed by atoms with van der Waals surface area (Å²) in [6.45, 7) is 4.08. The van der Waals surface area contributed by atoms with E-state index in [0.29, 0.717) is 19.4 Å². The highest BCUT2D eigenvalue weighted by Crippen LogP contribution is 2.25. The maximum Gasteiger partial charge on any atom is 0.242 e. The number of nitrogens with one attached hydrogen (secondary N) is 2. The van der Waals surface area contributed by atoms with Crippen LogP contribution in [0.2, 0.25) is 0 Å². The van der Waals surface area contributed by atoms with Crippen LogP contribution in [-0.4, -0.2) is 29.9 Å². The standard InChI is InChI=1S/C12H23N3O2/c1-3-14-10(16)9(2)15-11(17)12(13)7-5-4-6-8-12/h9H,3-8,13H2,1-2H3,(H,14,16)(H,15,17). The Balaban J connectivity index is 2.50. The van der Waals surface area contributed by atoms with Gasteiger partial charge in [0.25, 0.3) is 0 Å². The third kappa shape index (κ3) is 3.70. The minimum atomic E-state index is -0.779. The minimum Gasteiger partial charge on any atom is -0.355 e. The Labute approximate surface area is 103 Å². The van der Waals surface area contributed by atoms with Crippen molar-refractivity contribution in [1.29, 1.82) is 0 Å². The molecule has 0 aliphatic heterocycles. The van der Waals surface area contributed by atoms with Crippen molar-refractivity contribution in [3.63, 3.8) is 0 Å². The lowest BCUT2D eigenvalue weighted by atomic mass is 9.82. The van der Waals surface area contributed by atoms with Gasteiger partial charge < -0.3 is 16.4 Å². The van der Waals surface area contributed by atoms with Gasteiger partial charge in [-0.05, 0) is 26.7 Å². The summed E-state index contributed by atoms with van der Waals surface area (Å²) in [5.41, 5.74) is 5.30. The van der Waals surface area contributed by atoms with E-state index in [4.69, 9.17) is 5.73 Å². The molecule has 2 amide bonds. The molecule has 0 aromatic carbocycles. The zero-order valence-corrected chi connectivity index (χ0v) is 10.7. The summed E-state index contributed by atoms with van der Waals surface area (Å²) in [4.78, 5) is 23.5. The predicted molar refractivity (Wildman–Crippen MR) is 66.3 cm³/mol. The third-order valence-electron chi connectivity index (χ3n) is 3.29. The highest BCUT2D eigenvalue weighted by molar-refractivity contribution is 5.91. The number of nitrogens with two attached hydrogens (primary N) is 1. The van der Waals surface area contributed by atoms with Crippen LogP contribution in [0.1, 0.15) is 46.0 Å². The van der Waals surface area contributed by atoms with Gasteiger partial charge in [0.15, 0.2) is 0 Å². The van der Waals surface area contributed by atoms with Crippen LogP contribution in [0.3, 0.4) is 0 Å². The van der Waals surface area contributed by atoms with E-state index in [2.05, 4.69) is 10.6 Å². The maximum absolute atomic E-state index is 12.0. The monoisotopic (exact) mass is 241 g/mol. The average molecular weight is 241 g/mol. The number of hydrogen-bond donors (Lipinski definition) is 3.